The number of nitrogens with zero attached hydrogens (tertiary/aromatic N) is 4. The molecule has 0 aliphatic carbocycles. The van der Waals surface area contributed by atoms with Crippen LogP contribution in [0.5, 0.6) is 0 Å². The molecule has 7 heteroatoms. The number of aryl methyl sites for hydroxylation is 1. The summed E-state index contributed by atoms with van der Waals surface area (Å²) in [5.41, 5.74) is 0.450. The molecule has 2 aromatic heterocycles. The third-order valence-corrected chi connectivity index (χ3v) is 2.57. The molecule has 0 spiro atoms. The summed E-state index contributed by atoms with van der Waals surface area (Å²) < 4.78 is 1.97. The van der Waals surface area contributed by atoms with Crippen molar-refractivity contribution >= 4 is 27.8 Å². The minimum absolute atomic E-state index is 0.281. The highest BCUT2D eigenvalue weighted by atomic mass is 79.9. The highest BCUT2D eigenvalue weighted by Crippen LogP contribution is 2.13. The Morgan fingerprint density at radius 3 is 2.94 bits per heavy atom. The van der Waals surface area contributed by atoms with Gasteiger partial charge in [0.25, 0.3) is 5.91 Å². The van der Waals surface area contributed by atoms with Gasteiger partial charge in [-0.3, -0.25) is 10.1 Å². The molecule has 0 aliphatic rings. The maximum absolute atomic E-state index is 11.8. The van der Waals surface area contributed by atoms with E-state index in [0.29, 0.717) is 16.1 Å². The van der Waals surface area contributed by atoms with Crippen molar-refractivity contribution in [3.05, 3.63) is 34.8 Å². The average molecular weight is 282 g/mol. The monoisotopic (exact) mass is 281 g/mol. The van der Waals surface area contributed by atoms with Crippen LogP contribution in [0.25, 0.3) is 0 Å². The fraction of sp³-hybridized carbons (Fsp3) is 0.111. The predicted molar refractivity (Wildman–Crippen MR) is 60.9 cm³/mol. The van der Waals surface area contributed by atoms with Crippen LogP contribution < -0.4 is 5.32 Å². The Morgan fingerprint density at radius 2 is 2.31 bits per heavy atom. The minimum Gasteiger partial charge on any atom is -0.291 e. The van der Waals surface area contributed by atoms with Crippen molar-refractivity contribution in [1.29, 1.82) is 0 Å². The van der Waals surface area contributed by atoms with E-state index in [0.717, 1.165) is 0 Å². The van der Waals surface area contributed by atoms with Gasteiger partial charge in [0.2, 0.25) is 5.95 Å². The Morgan fingerprint density at radius 1 is 1.50 bits per heavy atom. The van der Waals surface area contributed by atoms with E-state index in [1.807, 2.05) is 0 Å². The molecule has 16 heavy (non-hydrogen) atoms. The van der Waals surface area contributed by atoms with Gasteiger partial charge in [0.1, 0.15) is 10.9 Å². The first-order chi connectivity index (χ1) is 7.68. The van der Waals surface area contributed by atoms with Gasteiger partial charge in [0.05, 0.1) is 5.56 Å². The van der Waals surface area contributed by atoms with E-state index in [-0.39, 0.29) is 5.91 Å². The van der Waals surface area contributed by atoms with E-state index in [9.17, 15) is 4.79 Å². The number of anilines is 1. The third kappa shape index (κ3) is 2.08. The van der Waals surface area contributed by atoms with Crippen LogP contribution in [-0.4, -0.2) is 25.7 Å². The van der Waals surface area contributed by atoms with Crippen molar-refractivity contribution in [2.45, 2.75) is 0 Å². The van der Waals surface area contributed by atoms with Crippen molar-refractivity contribution in [3.8, 4) is 0 Å². The van der Waals surface area contributed by atoms with Crippen LogP contribution in [0.3, 0.4) is 0 Å². The molecule has 2 heterocycles. The van der Waals surface area contributed by atoms with Crippen molar-refractivity contribution in [2.24, 2.45) is 7.05 Å². The van der Waals surface area contributed by atoms with Gasteiger partial charge in [-0.25, -0.2) is 9.67 Å². The van der Waals surface area contributed by atoms with E-state index in [1.54, 1.807) is 25.4 Å². The molecular formula is C9H8BrN5O. The van der Waals surface area contributed by atoms with Gasteiger partial charge in [0, 0.05) is 13.2 Å². The van der Waals surface area contributed by atoms with Crippen LogP contribution >= 0.6 is 15.9 Å². The van der Waals surface area contributed by atoms with Gasteiger partial charge < -0.3 is 0 Å². The van der Waals surface area contributed by atoms with Gasteiger partial charge in [-0.15, -0.1) is 0 Å². The van der Waals surface area contributed by atoms with Crippen molar-refractivity contribution in [3.63, 3.8) is 0 Å². The summed E-state index contributed by atoms with van der Waals surface area (Å²) in [6, 6.07) is 3.36. The van der Waals surface area contributed by atoms with Crippen LogP contribution in [0.2, 0.25) is 0 Å². The number of nitrogens with one attached hydrogen (secondary N) is 1. The Labute approximate surface area is 99.8 Å². The molecule has 0 atom stereocenters. The third-order valence-electron chi connectivity index (χ3n) is 1.94. The number of hydrogen-bond donors (Lipinski definition) is 1. The topological polar surface area (TPSA) is 72.7 Å². The molecule has 0 bridgehead atoms. The quantitative estimate of drug-likeness (QED) is 0.841. The first-order valence-electron chi connectivity index (χ1n) is 4.44. The standard InChI is InChI=1S/C9H8BrN5O/c1-15-9(12-5-13-15)14-8(16)6-3-2-4-11-7(6)10/h2-5H,1H3,(H,12,13,14,16). The summed E-state index contributed by atoms with van der Waals surface area (Å²) in [6.45, 7) is 0. The fourth-order valence-corrected chi connectivity index (χ4v) is 1.56. The summed E-state index contributed by atoms with van der Waals surface area (Å²) in [5, 5.41) is 6.48. The van der Waals surface area contributed by atoms with E-state index in [2.05, 4.69) is 36.3 Å². The number of aromatic nitrogens is 4. The molecule has 1 N–H and O–H groups in total. The first kappa shape index (κ1) is 10.7. The molecule has 2 aromatic rings. The number of carbonyl (C=O) groups excluding carboxylic acids is 1. The van der Waals surface area contributed by atoms with Crippen LogP contribution in [-0.2, 0) is 7.05 Å². The normalized spacial score (nSPS) is 10.1. The van der Waals surface area contributed by atoms with Crippen molar-refractivity contribution < 1.29 is 4.79 Å². The molecule has 0 unspecified atom stereocenters. The summed E-state index contributed by atoms with van der Waals surface area (Å²) in [6.07, 6.45) is 2.97. The zero-order chi connectivity index (χ0) is 11.5. The zero-order valence-electron chi connectivity index (χ0n) is 8.38. The van der Waals surface area contributed by atoms with Crippen molar-refractivity contribution in [2.75, 3.05) is 5.32 Å². The highest BCUT2D eigenvalue weighted by Gasteiger charge is 2.12. The van der Waals surface area contributed by atoms with Gasteiger partial charge in [-0.1, -0.05) is 0 Å². The molecular weight excluding hydrogens is 274 g/mol. The Hall–Kier alpha value is -1.76. The SMILES string of the molecule is Cn1ncnc1NC(=O)c1cccnc1Br. The Balaban J connectivity index is 2.22. The first-order valence-corrected chi connectivity index (χ1v) is 5.23. The Bertz CT molecular complexity index is 524. The molecule has 6 nitrogen and oxygen atoms in total. The van der Waals surface area contributed by atoms with Crippen molar-refractivity contribution in [1.82, 2.24) is 19.7 Å². The highest BCUT2D eigenvalue weighted by molar-refractivity contribution is 9.10. The minimum atomic E-state index is -0.281. The van der Waals surface area contributed by atoms with E-state index < -0.39 is 0 Å². The number of halogens is 1. The Kier molecular flexibility index (Phi) is 2.95. The molecule has 0 aromatic carbocycles. The average Bonchev–Trinajstić information content (AvgIpc) is 2.65. The molecule has 1 amide bonds. The maximum atomic E-state index is 11.8. The molecule has 0 saturated carbocycles. The van der Waals surface area contributed by atoms with Crippen LogP contribution in [0, 0.1) is 0 Å². The van der Waals surface area contributed by atoms with Crippen LogP contribution in [0.4, 0.5) is 5.95 Å². The van der Waals surface area contributed by atoms with E-state index >= 15 is 0 Å². The van der Waals surface area contributed by atoms with Gasteiger partial charge in [-0.2, -0.15) is 10.1 Å². The number of amides is 1. The molecule has 0 aliphatic heterocycles. The smallest absolute Gasteiger partial charge is 0.260 e. The number of carbonyl (C=O) groups is 1. The molecule has 0 fully saturated rings. The summed E-state index contributed by atoms with van der Waals surface area (Å²) >= 11 is 3.20. The number of hydrogen-bond acceptors (Lipinski definition) is 4. The van der Waals surface area contributed by atoms with Gasteiger partial charge >= 0.3 is 0 Å². The zero-order valence-corrected chi connectivity index (χ0v) is 9.97. The number of pyridine rings is 1. The lowest BCUT2D eigenvalue weighted by Crippen LogP contribution is -2.16. The molecule has 0 saturated heterocycles. The van der Waals surface area contributed by atoms with E-state index in [1.165, 1.54) is 11.0 Å². The summed E-state index contributed by atoms with van der Waals surface area (Å²) in [5.74, 6) is 0.108. The molecule has 0 radical (unpaired) electrons. The largest absolute Gasteiger partial charge is 0.291 e. The van der Waals surface area contributed by atoms with Gasteiger partial charge in [-0.05, 0) is 28.1 Å². The van der Waals surface area contributed by atoms with E-state index in [4.69, 9.17) is 0 Å². The molecule has 82 valence electrons. The van der Waals surface area contributed by atoms with Crippen LogP contribution in [0.1, 0.15) is 10.4 Å². The molecule has 2 rings (SSSR count). The summed E-state index contributed by atoms with van der Waals surface area (Å²) in [7, 11) is 1.70. The maximum Gasteiger partial charge on any atom is 0.260 e. The number of rotatable bonds is 2. The fourth-order valence-electron chi connectivity index (χ4n) is 1.13. The summed E-state index contributed by atoms with van der Waals surface area (Å²) in [4.78, 5) is 19.7. The lowest BCUT2D eigenvalue weighted by molar-refractivity contribution is 0.102. The lowest BCUT2D eigenvalue weighted by atomic mass is 10.3. The predicted octanol–water partition coefficient (Wildman–Crippen LogP) is 1.22. The second kappa shape index (κ2) is 4.40. The van der Waals surface area contributed by atoms with Crippen LogP contribution in [0.15, 0.2) is 29.3 Å². The second-order valence-corrected chi connectivity index (χ2v) is 3.75. The lowest BCUT2D eigenvalue weighted by Gasteiger charge is -2.04. The van der Waals surface area contributed by atoms with Gasteiger partial charge in [0.15, 0.2) is 0 Å². The second-order valence-electron chi connectivity index (χ2n) is 3.00.